The van der Waals surface area contributed by atoms with Crippen molar-refractivity contribution in [1.82, 2.24) is 0 Å². The molecule has 0 radical (unpaired) electrons. The zero-order chi connectivity index (χ0) is 27.2. The lowest BCUT2D eigenvalue weighted by Crippen LogP contribution is -2.65. The second-order valence-electron chi connectivity index (χ2n) is 15.3. The number of ether oxygens (including phenoxy) is 2. The number of carbonyl (C=O) groups is 2. The molecule has 0 heterocycles. The predicted octanol–water partition coefficient (Wildman–Crippen LogP) is 7.75. The summed E-state index contributed by atoms with van der Waals surface area (Å²) in [5, 5.41) is 0. The van der Waals surface area contributed by atoms with Gasteiger partial charge >= 0.3 is 11.9 Å². The summed E-state index contributed by atoms with van der Waals surface area (Å²) < 4.78 is 11.4. The van der Waals surface area contributed by atoms with Crippen LogP contribution in [-0.2, 0) is 19.1 Å². The van der Waals surface area contributed by atoms with E-state index in [1.54, 1.807) is 19.6 Å². The van der Waals surface area contributed by atoms with Crippen LogP contribution in [0.4, 0.5) is 0 Å². The quantitative estimate of drug-likeness (QED) is 0.280. The lowest BCUT2D eigenvalue weighted by molar-refractivity contribution is -0.214. The molecule has 0 spiro atoms. The van der Waals surface area contributed by atoms with Crippen LogP contribution in [-0.4, -0.2) is 25.2 Å². The molecule has 37 heavy (non-hydrogen) atoms. The molecule has 0 aromatic rings. The number of allylic oxidation sites excluding steroid dienone is 2. The Morgan fingerprint density at radius 1 is 0.892 bits per heavy atom. The number of fused-ring (bicyclic) bond motifs is 7. The Morgan fingerprint density at radius 2 is 1.59 bits per heavy atom. The Balaban J connectivity index is 1.57. The molecule has 208 valence electrons. The van der Waals surface area contributed by atoms with E-state index in [4.69, 9.17) is 9.47 Å². The Bertz CT molecular complexity index is 996. The Kier molecular flexibility index (Phi) is 6.33. The highest BCUT2D eigenvalue weighted by Gasteiger charge is 2.69. The molecular formula is C33H52O4. The second kappa shape index (κ2) is 8.59. The van der Waals surface area contributed by atoms with E-state index in [-0.39, 0.29) is 45.1 Å². The summed E-state index contributed by atoms with van der Waals surface area (Å²) in [6.45, 7) is 18.8. The van der Waals surface area contributed by atoms with Crippen molar-refractivity contribution in [3.05, 3.63) is 11.6 Å². The fraction of sp³-hybridized carbons (Fsp3) is 0.879. The summed E-state index contributed by atoms with van der Waals surface area (Å²) in [6.07, 6.45) is 12.4. The van der Waals surface area contributed by atoms with Crippen molar-refractivity contribution in [2.45, 2.75) is 119 Å². The molecule has 5 aliphatic rings. The highest BCUT2D eigenvalue weighted by molar-refractivity contribution is 5.78. The average molecular weight is 513 g/mol. The molecule has 5 aliphatic carbocycles. The molecule has 0 aliphatic heterocycles. The van der Waals surface area contributed by atoms with Crippen LogP contribution in [0, 0.1) is 56.7 Å². The number of rotatable bonds is 2. The van der Waals surface area contributed by atoms with Crippen LogP contribution in [0.5, 0.6) is 0 Å². The van der Waals surface area contributed by atoms with Gasteiger partial charge in [0, 0.05) is 12.3 Å². The molecule has 5 rings (SSSR count). The number of hydrogen-bond acceptors (Lipinski definition) is 4. The van der Waals surface area contributed by atoms with Crippen LogP contribution in [0.1, 0.15) is 113 Å². The molecule has 0 saturated heterocycles. The first kappa shape index (κ1) is 27.3. The van der Waals surface area contributed by atoms with Crippen molar-refractivity contribution in [3.8, 4) is 0 Å². The molecule has 0 unspecified atom stereocenters. The van der Waals surface area contributed by atoms with Crippen molar-refractivity contribution < 1.29 is 19.1 Å². The highest BCUT2D eigenvalue weighted by Crippen LogP contribution is 2.76. The minimum absolute atomic E-state index is 0.0117. The van der Waals surface area contributed by atoms with Crippen LogP contribution >= 0.6 is 0 Å². The van der Waals surface area contributed by atoms with E-state index in [0.29, 0.717) is 29.6 Å². The molecule has 4 saturated carbocycles. The van der Waals surface area contributed by atoms with Gasteiger partial charge in [-0.2, -0.15) is 0 Å². The van der Waals surface area contributed by atoms with Gasteiger partial charge < -0.3 is 9.47 Å². The van der Waals surface area contributed by atoms with Crippen molar-refractivity contribution in [2.75, 3.05) is 7.11 Å². The number of methoxy groups -OCH3 is 1. The lowest BCUT2D eigenvalue weighted by atomic mass is 9.33. The van der Waals surface area contributed by atoms with E-state index in [1.165, 1.54) is 12.8 Å². The van der Waals surface area contributed by atoms with Gasteiger partial charge in [0.2, 0.25) is 0 Å². The molecule has 0 amide bonds. The summed E-state index contributed by atoms with van der Waals surface area (Å²) in [6, 6.07) is 0. The fourth-order valence-electron chi connectivity index (χ4n) is 11.4. The van der Waals surface area contributed by atoms with Gasteiger partial charge in [0.1, 0.15) is 6.10 Å². The van der Waals surface area contributed by atoms with E-state index in [1.807, 2.05) is 0 Å². The Morgan fingerprint density at radius 3 is 2.24 bits per heavy atom. The van der Waals surface area contributed by atoms with Gasteiger partial charge in [-0.25, -0.2) is 0 Å². The van der Waals surface area contributed by atoms with Crippen LogP contribution in [0.15, 0.2) is 11.6 Å². The zero-order valence-electron chi connectivity index (χ0n) is 25.0. The first-order valence-electron chi connectivity index (χ1n) is 15.2. The van der Waals surface area contributed by atoms with Crippen LogP contribution in [0.3, 0.4) is 0 Å². The predicted molar refractivity (Wildman–Crippen MR) is 147 cm³/mol. The third-order valence-electron chi connectivity index (χ3n) is 13.8. The number of hydrogen-bond donors (Lipinski definition) is 0. The van der Waals surface area contributed by atoms with Crippen molar-refractivity contribution in [3.63, 3.8) is 0 Å². The zero-order valence-corrected chi connectivity index (χ0v) is 25.0. The SMILES string of the molecule is COC(=O)[C@]12CC[C@@H](C)[C@H](C)[C@H]1C1=CC[C@@H]3[C@@]4(C)CC[C@H](OC(C)=O)C(C)(C)[C@H]4CC[C@@]3(C)[C@]1(C)CC2. The van der Waals surface area contributed by atoms with Gasteiger partial charge in [0.05, 0.1) is 12.5 Å². The second-order valence-corrected chi connectivity index (χ2v) is 15.3. The van der Waals surface area contributed by atoms with Crippen LogP contribution < -0.4 is 0 Å². The summed E-state index contributed by atoms with van der Waals surface area (Å²) in [4.78, 5) is 25.4. The van der Waals surface area contributed by atoms with Crippen molar-refractivity contribution in [1.29, 1.82) is 0 Å². The van der Waals surface area contributed by atoms with E-state index in [2.05, 4.69) is 54.5 Å². The third-order valence-corrected chi connectivity index (χ3v) is 13.8. The first-order chi connectivity index (χ1) is 17.2. The topological polar surface area (TPSA) is 52.6 Å². The molecule has 4 heteroatoms. The first-order valence-corrected chi connectivity index (χ1v) is 15.2. The molecule has 10 atom stereocenters. The van der Waals surface area contributed by atoms with Crippen molar-refractivity contribution in [2.24, 2.45) is 56.7 Å². The standard InChI is InChI=1S/C33H52O4/c1-20-12-17-33(28(35)36-9)19-18-31(7)23(27(33)21(20)2)10-11-25-30(6)15-14-26(37-22(3)34)29(4,5)24(30)13-16-32(25,31)8/h10,20-21,24-27H,11-19H2,1-9H3/t20-,21+,24-,25-,26+,27+,30+,31-,32-,33+/m1/s1. The minimum atomic E-state index is -0.347. The highest BCUT2D eigenvalue weighted by atomic mass is 16.5. The maximum Gasteiger partial charge on any atom is 0.312 e. The molecule has 0 aromatic carbocycles. The van der Waals surface area contributed by atoms with Gasteiger partial charge in [-0.1, -0.05) is 60.1 Å². The summed E-state index contributed by atoms with van der Waals surface area (Å²) in [5.41, 5.74) is 1.76. The normalized spacial score (nSPS) is 50.4. The van der Waals surface area contributed by atoms with Gasteiger partial charge in [-0.05, 0) is 104 Å². The summed E-state index contributed by atoms with van der Waals surface area (Å²) in [7, 11) is 1.59. The molecule has 0 aromatic heterocycles. The summed E-state index contributed by atoms with van der Waals surface area (Å²) in [5.74, 6) is 2.45. The fourth-order valence-corrected chi connectivity index (χ4v) is 11.4. The van der Waals surface area contributed by atoms with Crippen LogP contribution in [0.25, 0.3) is 0 Å². The van der Waals surface area contributed by atoms with E-state index in [0.717, 1.165) is 44.9 Å². The molecule has 0 N–H and O–H groups in total. The van der Waals surface area contributed by atoms with Crippen LogP contribution in [0.2, 0.25) is 0 Å². The van der Waals surface area contributed by atoms with Gasteiger partial charge in [-0.3, -0.25) is 9.59 Å². The molecule has 4 nitrogen and oxygen atoms in total. The largest absolute Gasteiger partial charge is 0.469 e. The number of carbonyl (C=O) groups excluding carboxylic acids is 2. The smallest absolute Gasteiger partial charge is 0.312 e. The molecule has 4 fully saturated rings. The van der Waals surface area contributed by atoms with Gasteiger partial charge in [0.25, 0.3) is 0 Å². The molecular weight excluding hydrogens is 460 g/mol. The lowest BCUT2D eigenvalue weighted by Gasteiger charge is -2.71. The Labute approximate surface area is 225 Å². The van der Waals surface area contributed by atoms with E-state index < -0.39 is 0 Å². The monoisotopic (exact) mass is 512 g/mol. The van der Waals surface area contributed by atoms with E-state index >= 15 is 0 Å². The van der Waals surface area contributed by atoms with E-state index in [9.17, 15) is 9.59 Å². The van der Waals surface area contributed by atoms with Gasteiger partial charge in [0.15, 0.2) is 0 Å². The Hall–Kier alpha value is -1.32. The maximum absolute atomic E-state index is 13.4. The maximum atomic E-state index is 13.4. The van der Waals surface area contributed by atoms with Gasteiger partial charge in [-0.15, -0.1) is 0 Å². The molecule has 0 bridgehead atoms. The van der Waals surface area contributed by atoms with Crippen molar-refractivity contribution >= 4 is 11.9 Å². The minimum Gasteiger partial charge on any atom is -0.469 e. The average Bonchev–Trinajstić information content (AvgIpc) is 2.83. The third kappa shape index (κ3) is 3.45. The number of esters is 2. The summed E-state index contributed by atoms with van der Waals surface area (Å²) >= 11 is 0.